The van der Waals surface area contributed by atoms with Crippen molar-refractivity contribution in [2.75, 3.05) is 5.43 Å². The highest BCUT2D eigenvalue weighted by molar-refractivity contribution is 9.10. The van der Waals surface area contributed by atoms with Gasteiger partial charge in [-0.1, -0.05) is 45.7 Å². The molecule has 3 aromatic rings. The van der Waals surface area contributed by atoms with E-state index >= 15 is 0 Å². The Morgan fingerprint density at radius 3 is 2.86 bits per heavy atom. The minimum Gasteiger partial charge on any atom is -0.278 e. The summed E-state index contributed by atoms with van der Waals surface area (Å²) < 4.78 is 1.00. The fourth-order valence-electron chi connectivity index (χ4n) is 1.97. The first-order valence-corrected chi connectivity index (χ1v) is 7.49. The number of hydrazone groups is 1. The van der Waals surface area contributed by atoms with Crippen LogP contribution in [-0.2, 0) is 0 Å². The summed E-state index contributed by atoms with van der Waals surface area (Å²) in [5.41, 5.74) is 5.78. The van der Waals surface area contributed by atoms with Crippen molar-refractivity contribution in [3.63, 3.8) is 0 Å². The topological polar surface area (TPSA) is 37.3 Å². The molecule has 0 aliphatic rings. The fourth-order valence-corrected chi connectivity index (χ4v) is 2.52. The standard InChI is InChI=1S/C16H11BrClN3/c17-14-4-2-1-3-11(14)10-20-21-15-7-8-19-16-9-12(18)5-6-13(15)16/h1-10H,(H,19,21)/b20-10+. The first kappa shape index (κ1) is 14.0. The van der Waals surface area contributed by atoms with Crippen molar-refractivity contribution in [2.45, 2.75) is 0 Å². The molecule has 3 rings (SSSR count). The Bertz CT molecular complexity index is 817. The molecule has 0 spiro atoms. The van der Waals surface area contributed by atoms with E-state index in [1.807, 2.05) is 48.5 Å². The largest absolute Gasteiger partial charge is 0.278 e. The Morgan fingerprint density at radius 2 is 2.00 bits per heavy atom. The first-order valence-electron chi connectivity index (χ1n) is 6.32. The molecule has 0 radical (unpaired) electrons. The van der Waals surface area contributed by atoms with E-state index < -0.39 is 0 Å². The number of pyridine rings is 1. The van der Waals surface area contributed by atoms with Crippen molar-refractivity contribution in [1.29, 1.82) is 0 Å². The van der Waals surface area contributed by atoms with E-state index in [1.165, 1.54) is 0 Å². The molecule has 0 aliphatic carbocycles. The molecule has 0 unspecified atom stereocenters. The van der Waals surface area contributed by atoms with E-state index in [4.69, 9.17) is 11.6 Å². The molecule has 0 aliphatic heterocycles. The molecule has 1 aromatic heterocycles. The molecule has 0 fully saturated rings. The van der Waals surface area contributed by atoms with Crippen LogP contribution in [0.1, 0.15) is 5.56 Å². The SMILES string of the molecule is Clc1ccc2c(N/N=C/c3ccccc3Br)ccnc2c1. The summed E-state index contributed by atoms with van der Waals surface area (Å²) in [7, 11) is 0. The molecule has 0 saturated carbocycles. The van der Waals surface area contributed by atoms with Crippen LogP contribution in [0.25, 0.3) is 10.9 Å². The Balaban J connectivity index is 1.87. The predicted octanol–water partition coefficient (Wildman–Crippen LogP) is 5.10. The van der Waals surface area contributed by atoms with Gasteiger partial charge in [-0.15, -0.1) is 0 Å². The number of halogens is 2. The van der Waals surface area contributed by atoms with E-state index in [2.05, 4.69) is 31.4 Å². The van der Waals surface area contributed by atoms with Crippen LogP contribution in [0.2, 0.25) is 5.02 Å². The van der Waals surface area contributed by atoms with E-state index in [-0.39, 0.29) is 0 Å². The molecular formula is C16H11BrClN3. The third kappa shape index (κ3) is 3.23. The lowest BCUT2D eigenvalue weighted by atomic mass is 10.2. The van der Waals surface area contributed by atoms with Crippen LogP contribution in [0.4, 0.5) is 5.69 Å². The zero-order chi connectivity index (χ0) is 14.7. The van der Waals surface area contributed by atoms with Gasteiger partial charge in [-0.05, 0) is 30.3 Å². The van der Waals surface area contributed by atoms with Gasteiger partial charge in [0.2, 0.25) is 0 Å². The molecule has 0 saturated heterocycles. The fraction of sp³-hybridized carbons (Fsp3) is 0. The first-order chi connectivity index (χ1) is 10.2. The number of hydrogen-bond donors (Lipinski definition) is 1. The zero-order valence-electron chi connectivity index (χ0n) is 10.9. The Kier molecular flexibility index (Phi) is 4.18. The van der Waals surface area contributed by atoms with Crippen LogP contribution < -0.4 is 5.43 Å². The van der Waals surface area contributed by atoms with Crippen molar-refractivity contribution in [1.82, 2.24) is 4.98 Å². The van der Waals surface area contributed by atoms with E-state index in [9.17, 15) is 0 Å². The number of nitrogens with zero attached hydrogens (tertiary/aromatic N) is 2. The molecule has 0 amide bonds. The number of nitrogens with one attached hydrogen (secondary N) is 1. The van der Waals surface area contributed by atoms with Crippen LogP contribution in [-0.4, -0.2) is 11.2 Å². The molecule has 0 bridgehead atoms. The van der Waals surface area contributed by atoms with Crippen LogP contribution in [0, 0.1) is 0 Å². The van der Waals surface area contributed by atoms with Crippen molar-refractivity contribution in [3.05, 3.63) is 69.8 Å². The number of anilines is 1. The number of aromatic nitrogens is 1. The molecule has 2 aromatic carbocycles. The maximum Gasteiger partial charge on any atom is 0.0738 e. The van der Waals surface area contributed by atoms with Gasteiger partial charge in [0.25, 0.3) is 0 Å². The average Bonchev–Trinajstić information content (AvgIpc) is 2.49. The predicted molar refractivity (Wildman–Crippen MR) is 92.1 cm³/mol. The summed E-state index contributed by atoms with van der Waals surface area (Å²) in [6, 6.07) is 15.4. The van der Waals surface area contributed by atoms with Gasteiger partial charge in [0.15, 0.2) is 0 Å². The average molecular weight is 361 g/mol. The van der Waals surface area contributed by atoms with Crippen molar-refractivity contribution < 1.29 is 0 Å². The number of benzene rings is 2. The monoisotopic (exact) mass is 359 g/mol. The Labute approximate surface area is 135 Å². The Hall–Kier alpha value is -1.91. The second kappa shape index (κ2) is 6.24. The molecule has 1 N–H and O–H groups in total. The second-order valence-corrected chi connectivity index (χ2v) is 5.70. The summed E-state index contributed by atoms with van der Waals surface area (Å²) >= 11 is 9.46. The summed E-state index contributed by atoms with van der Waals surface area (Å²) in [5.74, 6) is 0. The summed E-state index contributed by atoms with van der Waals surface area (Å²) in [6.07, 6.45) is 3.50. The summed E-state index contributed by atoms with van der Waals surface area (Å²) in [6.45, 7) is 0. The molecule has 21 heavy (non-hydrogen) atoms. The molecule has 1 heterocycles. The van der Waals surface area contributed by atoms with E-state index in [0.717, 1.165) is 26.6 Å². The van der Waals surface area contributed by atoms with Crippen molar-refractivity contribution in [2.24, 2.45) is 5.10 Å². The van der Waals surface area contributed by atoms with Gasteiger partial charge in [0.05, 0.1) is 17.4 Å². The van der Waals surface area contributed by atoms with Gasteiger partial charge in [-0.3, -0.25) is 10.4 Å². The molecule has 3 nitrogen and oxygen atoms in total. The van der Waals surface area contributed by atoms with Gasteiger partial charge >= 0.3 is 0 Å². The zero-order valence-corrected chi connectivity index (χ0v) is 13.3. The maximum absolute atomic E-state index is 5.98. The van der Waals surface area contributed by atoms with Gasteiger partial charge in [-0.25, -0.2) is 0 Å². The van der Waals surface area contributed by atoms with Crippen LogP contribution in [0.15, 0.2) is 64.3 Å². The maximum atomic E-state index is 5.98. The minimum atomic E-state index is 0.670. The summed E-state index contributed by atoms with van der Waals surface area (Å²) in [4.78, 5) is 4.30. The van der Waals surface area contributed by atoms with E-state index in [1.54, 1.807) is 12.4 Å². The summed E-state index contributed by atoms with van der Waals surface area (Å²) in [5, 5.41) is 5.93. The number of fused-ring (bicyclic) bond motifs is 1. The lowest BCUT2D eigenvalue weighted by Crippen LogP contribution is -1.93. The highest BCUT2D eigenvalue weighted by Gasteiger charge is 2.01. The van der Waals surface area contributed by atoms with Crippen molar-refractivity contribution in [3.8, 4) is 0 Å². The lowest BCUT2D eigenvalue weighted by molar-refractivity contribution is 1.33. The third-order valence-corrected chi connectivity index (χ3v) is 3.96. The van der Waals surface area contributed by atoms with Gasteiger partial charge in [0.1, 0.15) is 0 Å². The van der Waals surface area contributed by atoms with Gasteiger partial charge < -0.3 is 0 Å². The van der Waals surface area contributed by atoms with Crippen LogP contribution in [0.3, 0.4) is 0 Å². The third-order valence-electron chi connectivity index (χ3n) is 3.00. The lowest BCUT2D eigenvalue weighted by Gasteiger charge is -2.05. The normalized spacial score (nSPS) is 11.1. The molecular weight excluding hydrogens is 350 g/mol. The minimum absolute atomic E-state index is 0.670. The van der Waals surface area contributed by atoms with Crippen LogP contribution >= 0.6 is 27.5 Å². The smallest absolute Gasteiger partial charge is 0.0738 e. The van der Waals surface area contributed by atoms with E-state index in [0.29, 0.717) is 5.02 Å². The van der Waals surface area contributed by atoms with Crippen LogP contribution in [0.5, 0.6) is 0 Å². The second-order valence-electron chi connectivity index (χ2n) is 4.41. The molecule has 104 valence electrons. The highest BCUT2D eigenvalue weighted by atomic mass is 79.9. The highest BCUT2D eigenvalue weighted by Crippen LogP contribution is 2.24. The Morgan fingerprint density at radius 1 is 1.14 bits per heavy atom. The number of hydrogen-bond acceptors (Lipinski definition) is 3. The number of rotatable bonds is 3. The van der Waals surface area contributed by atoms with Gasteiger partial charge in [-0.2, -0.15) is 5.10 Å². The molecule has 0 atom stereocenters. The van der Waals surface area contributed by atoms with Crippen molar-refractivity contribution >= 4 is 50.3 Å². The molecule has 5 heteroatoms. The van der Waals surface area contributed by atoms with Gasteiger partial charge in [0, 0.05) is 26.6 Å². The quantitative estimate of drug-likeness (QED) is 0.521.